The molecule has 3 aromatic rings. The van der Waals surface area contributed by atoms with Crippen molar-refractivity contribution in [1.82, 2.24) is 10.3 Å². The second-order valence-electron chi connectivity index (χ2n) is 6.77. The van der Waals surface area contributed by atoms with E-state index in [2.05, 4.69) is 15.3 Å². The lowest BCUT2D eigenvalue weighted by atomic mass is 10.2. The van der Waals surface area contributed by atoms with Crippen molar-refractivity contribution >= 4 is 62.7 Å². The summed E-state index contributed by atoms with van der Waals surface area (Å²) < 4.78 is 27.5. The van der Waals surface area contributed by atoms with Gasteiger partial charge in [-0.25, -0.2) is 18.8 Å². The van der Waals surface area contributed by atoms with E-state index in [0.717, 1.165) is 33.6 Å². The number of halogens is 2. The molecule has 2 heterocycles. The van der Waals surface area contributed by atoms with Crippen molar-refractivity contribution in [2.45, 2.75) is 13.8 Å². The number of nitrogens with zero attached hydrogens (tertiary/aromatic N) is 3. The monoisotopic (exact) mass is 470 g/mol. The maximum absolute atomic E-state index is 14.2. The first-order valence-corrected chi connectivity index (χ1v) is 11.1. The Kier molecular flexibility index (Phi) is 6.15. The van der Waals surface area contributed by atoms with Gasteiger partial charge in [-0.1, -0.05) is 18.2 Å². The Hall–Kier alpha value is -3.37. The van der Waals surface area contributed by atoms with Gasteiger partial charge in [-0.15, -0.1) is 11.3 Å². The molecule has 1 fully saturated rings. The van der Waals surface area contributed by atoms with Gasteiger partial charge >= 0.3 is 0 Å². The minimum Gasteiger partial charge on any atom is -0.300 e. The van der Waals surface area contributed by atoms with Gasteiger partial charge in [-0.3, -0.25) is 14.5 Å². The smallest absolute Gasteiger partial charge is 0.264 e. The van der Waals surface area contributed by atoms with E-state index >= 15 is 0 Å². The standard InChI is InChI=1S/C22H16F2N4O2S2/c1-12-5-3-4-6-17(12)26-21-27-20(30)19(32-21)10-15-11-31-22(25-15)28(13(2)29)18-8-7-14(23)9-16(18)24/h3-11H,1-2H3,(H,26,27,30)/b19-10-. The van der Waals surface area contributed by atoms with Gasteiger partial charge in [0.15, 0.2) is 10.3 Å². The van der Waals surface area contributed by atoms with E-state index in [1.165, 1.54) is 24.8 Å². The molecule has 10 heteroatoms. The Morgan fingerprint density at radius 3 is 2.72 bits per heavy atom. The molecule has 1 aliphatic heterocycles. The molecule has 1 saturated heterocycles. The minimum atomic E-state index is -0.877. The van der Waals surface area contributed by atoms with Crippen LogP contribution in [0.25, 0.3) is 6.08 Å². The Morgan fingerprint density at radius 1 is 1.22 bits per heavy atom. The number of para-hydroxylation sites is 1. The number of carbonyl (C=O) groups excluding carboxylic acids is 2. The lowest BCUT2D eigenvalue weighted by Crippen LogP contribution is -2.23. The third-order valence-electron chi connectivity index (χ3n) is 4.43. The molecule has 1 aromatic heterocycles. The predicted octanol–water partition coefficient (Wildman–Crippen LogP) is 5.31. The lowest BCUT2D eigenvalue weighted by molar-refractivity contribution is -0.116. The molecule has 2 amide bonds. The fourth-order valence-electron chi connectivity index (χ4n) is 2.93. The quantitative estimate of drug-likeness (QED) is 0.525. The second kappa shape index (κ2) is 9.01. The molecule has 0 atom stereocenters. The summed E-state index contributed by atoms with van der Waals surface area (Å²) in [6, 6.07) is 10.5. The van der Waals surface area contributed by atoms with Crippen LogP contribution >= 0.6 is 23.1 Å². The molecule has 1 aliphatic rings. The van der Waals surface area contributed by atoms with E-state index < -0.39 is 17.5 Å². The van der Waals surface area contributed by atoms with E-state index in [0.29, 0.717) is 21.8 Å². The average molecular weight is 471 g/mol. The molecular weight excluding hydrogens is 454 g/mol. The Labute approximate surface area is 190 Å². The number of hydrogen-bond acceptors (Lipinski definition) is 6. The highest BCUT2D eigenvalue weighted by atomic mass is 32.2. The van der Waals surface area contributed by atoms with Crippen LogP contribution in [-0.2, 0) is 9.59 Å². The number of benzene rings is 2. The normalized spacial score (nSPS) is 15.9. The van der Waals surface area contributed by atoms with Crippen molar-refractivity contribution < 1.29 is 18.4 Å². The highest BCUT2D eigenvalue weighted by molar-refractivity contribution is 8.18. The fourth-order valence-corrected chi connectivity index (χ4v) is 4.59. The average Bonchev–Trinajstić information content (AvgIpc) is 3.32. The van der Waals surface area contributed by atoms with Gasteiger partial charge in [-0.05, 0) is 48.5 Å². The first-order valence-electron chi connectivity index (χ1n) is 9.38. The summed E-state index contributed by atoms with van der Waals surface area (Å²) in [6.45, 7) is 3.19. The van der Waals surface area contributed by atoms with E-state index in [1.807, 2.05) is 31.2 Å². The number of thioether (sulfide) groups is 1. The summed E-state index contributed by atoms with van der Waals surface area (Å²) in [5.74, 6) is -2.42. The van der Waals surface area contributed by atoms with E-state index in [-0.39, 0.29) is 16.7 Å². The molecule has 32 heavy (non-hydrogen) atoms. The highest BCUT2D eigenvalue weighted by Crippen LogP contribution is 2.33. The van der Waals surface area contributed by atoms with Crippen molar-refractivity contribution in [3.63, 3.8) is 0 Å². The maximum atomic E-state index is 14.2. The molecule has 0 radical (unpaired) electrons. The molecule has 4 rings (SSSR count). The number of anilines is 2. The largest absolute Gasteiger partial charge is 0.300 e. The zero-order chi connectivity index (χ0) is 22.8. The zero-order valence-corrected chi connectivity index (χ0v) is 18.6. The second-order valence-corrected chi connectivity index (χ2v) is 8.64. The van der Waals surface area contributed by atoms with Gasteiger partial charge in [0, 0.05) is 18.4 Å². The predicted molar refractivity (Wildman–Crippen MR) is 123 cm³/mol. The topological polar surface area (TPSA) is 74.7 Å². The Morgan fingerprint density at radius 2 is 2.00 bits per heavy atom. The lowest BCUT2D eigenvalue weighted by Gasteiger charge is -2.18. The van der Waals surface area contributed by atoms with Crippen molar-refractivity contribution in [3.05, 3.63) is 75.6 Å². The van der Waals surface area contributed by atoms with Crippen molar-refractivity contribution in [2.75, 3.05) is 4.90 Å². The molecule has 2 aromatic carbocycles. The molecule has 0 spiro atoms. The number of thiazole rings is 1. The van der Waals surface area contributed by atoms with E-state index in [1.54, 1.807) is 11.5 Å². The van der Waals surface area contributed by atoms with Gasteiger partial charge in [0.2, 0.25) is 5.91 Å². The van der Waals surface area contributed by atoms with Crippen LogP contribution in [0.1, 0.15) is 18.2 Å². The van der Waals surface area contributed by atoms with E-state index in [4.69, 9.17) is 0 Å². The number of rotatable bonds is 4. The highest BCUT2D eigenvalue weighted by Gasteiger charge is 2.25. The Balaban J connectivity index is 1.60. The molecule has 1 N–H and O–H groups in total. The van der Waals surface area contributed by atoms with Crippen molar-refractivity contribution in [1.29, 1.82) is 0 Å². The number of aliphatic imine (C=N–C) groups is 1. The molecule has 0 aliphatic carbocycles. The van der Waals surface area contributed by atoms with Crippen LogP contribution in [0.2, 0.25) is 0 Å². The molecule has 0 unspecified atom stereocenters. The number of carbonyl (C=O) groups is 2. The summed E-state index contributed by atoms with van der Waals surface area (Å²) in [4.78, 5) is 34.8. The van der Waals surface area contributed by atoms with Gasteiger partial charge < -0.3 is 5.32 Å². The summed E-state index contributed by atoms with van der Waals surface area (Å²) in [6.07, 6.45) is 1.57. The SMILES string of the molecule is CC(=O)N(c1nc(/C=C2\SC(=Nc3ccccc3C)NC2=O)cs1)c1ccc(F)cc1F. The number of amides is 2. The van der Waals surface area contributed by atoms with Crippen LogP contribution in [0.4, 0.5) is 25.3 Å². The number of aryl methyl sites for hydroxylation is 1. The number of aromatic nitrogens is 1. The van der Waals surface area contributed by atoms with Crippen LogP contribution in [0.3, 0.4) is 0 Å². The zero-order valence-electron chi connectivity index (χ0n) is 16.9. The summed E-state index contributed by atoms with van der Waals surface area (Å²) >= 11 is 2.28. The fraction of sp³-hybridized carbons (Fsp3) is 0.0909. The Bertz CT molecular complexity index is 1290. The van der Waals surface area contributed by atoms with Crippen LogP contribution in [-0.4, -0.2) is 22.0 Å². The van der Waals surface area contributed by atoms with Gasteiger partial charge in [0.25, 0.3) is 5.91 Å². The van der Waals surface area contributed by atoms with Gasteiger partial charge in [0.05, 0.1) is 22.0 Å². The van der Waals surface area contributed by atoms with Crippen LogP contribution in [0, 0.1) is 18.6 Å². The van der Waals surface area contributed by atoms with Gasteiger partial charge in [0.1, 0.15) is 11.6 Å². The van der Waals surface area contributed by atoms with Crippen molar-refractivity contribution in [3.8, 4) is 0 Å². The van der Waals surface area contributed by atoms with Crippen molar-refractivity contribution in [2.24, 2.45) is 4.99 Å². The number of hydrogen-bond donors (Lipinski definition) is 1. The molecule has 162 valence electrons. The molecule has 0 bridgehead atoms. The molecule has 6 nitrogen and oxygen atoms in total. The first-order chi connectivity index (χ1) is 15.3. The van der Waals surface area contributed by atoms with Crippen LogP contribution in [0.5, 0.6) is 0 Å². The number of nitrogens with one attached hydrogen (secondary N) is 1. The van der Waals surface area contributed by atoms with Crippen LogP contribution in [0.15, 0.2) is 57.7 Å². The summed E-state index contributed by atoms with van der Waals surface area (Å²) in [5, 5.41) is 5.01. The van der Waals surface area contributed by atoms with Crippen LogP contribution < -0.4 is 10.2 Å². The van der Waals surface area contributed by atoms with E-state index in [9.17, 15) is 18.4 Å². The molecule has 0 saturated carbocycles. The summed E-state index contributed by atoms with van der Waals surface area (Å²) in [5.41, 5.74) is 2.06. The first kappa shape index (κ1) is 21.8. The summed E-state index contributed by atoms with van der Waals surface area (Å²) in [7, 11) is 0. The maximum Gasteiger partial charge on any atom is 0.264 e. The minimum absolute atomic E-state index is 0.104. The third-order valence-corrected chi connectivity index (χ3v) is 6.19. The van der Waals surface area contributed by atoms with Gasteiger partial charge in [-0.2, -0.15) is 0 Å². The third kappa shape index (κ3) is 4.61. The molecular formula is C22H16F2N4O2S2. The number of amidine groups is 1.